The predicted molar refractivity (Wildman–Crippen MR) is 46.2 cm³/mol. The summed E-state index contributed by atoms with van der Waals surface area (Å²) < 4.78 is 0. The van der Waals surface area contributed by atoms with Crippen LogP contribution in [0.3, 0.4) is 0 Å². The van der Waals surface area contributed by atoms with Crippen molar-refractivity contribution in [3.05, 3.63) is 0 Å². The third-order valence-corrected chi connectivity index (χ3v) is 4.15. The van der Waals surface area contributed by atoms with Crippen molar-refractivity contribution < 1.29 is 0 Å². The Hall–Kier alpha value is 0.310. The van der Waals surface area contributed by atoms with Gasteiger partial charge in [0, 0.05) is 11.8 Å². The third-order valence-electron chi connectivity index (χ3n) is 2.48. The quantitative estimate of drug-likeness (QED) is 0.576. The van der Waals surface area contributed by atoms with E-state index in [9.17, 15) is 0 Å². The van der Waals surface area contributed by atoms with Gasteiger partial charge in [0.2, 0.25) is 0 Å². The van der Waals surface area contributed by atoms with Crippen LogP contribution in [-0.2, 0) is 0 Å². The minimum atomic E-state index is 0.527. The van der Waals surface area contributed by atoms with Crippen LogP contribution in [0.15, 0.2) is 0 Å². The summed E-state index contributed by atoms with van der Waals surface area (Å²) in [5.41, 5.74) is 0. The van der Waals surface area contributed by atoms with Gasteiger partial charge >= 0.3 is 0 Å². The van der Waals surface area contributed by atoms with Crippen LogP contribution in [-0.4, -0.2) is 16.7 Å². The monoisotopic (exact) mass is 157 g/mol. The van der Waals surface area contributed by atoms with E-state index >= 15 is 0 Å². The molecule has 2 aliphatic rings. The predicted octanol–water partition coefficient (Wildman–Crippen LogP) is 1.84. The van der Waals surface area contributed by atoms with E-state index in [-0.39, 0.29) is 0 Å². The van der Waals surface area contributed by atoms with E-state index in [0.29, 0.717) is 4.87 Å². The number of rotatable bonds is 0. The maximum atomic E-state index is 3.66. The maximum Gasteiger partial charge on any atom is 0.0653 e. The smallest absolute Gasteiger partial charge is 0.0653 e. The summed E-state index contributed by atoms with van der Waals surface area (Å²) in [5.74, 6) is 2.28. The van der Waals surface area contributed by atoms with Gasteiger partial charge in [0.05, 0.1) is 4.87 Å². The van der Waals surface area contributed by atoms with Crippen LogP contribution in [0.1, 0.15) is 26.7 Å². The van der Waals surface area contributed by atoms with Crippen molar-refractivity contribution in [2.75, 3.05) is 5.75 Å². The van der Waals surface area contributed by atoms with Crippen LogP contribution in [0.2, 0.25) is 0 Å². The van der Waals surface area contributed by atoms with Crippen molar-refractivity contribution in [2.45, 2.75) is 37.6 Å². The molecule has 0 aromatic rings. The average molecular weight is 157 g/mol. The molecule has 10 heavy (non-hydrogen) atoms. The standard InChI is InChI=1S/C8H15NS/c1-6-3-8(4-6)9-7(2)5-10-8/h6-7,9H,3-5H2,1-2H3. The molecule has 1 N–H and O–H groups in total. The first-order chi connectivity index (χ1) is 4.70. The molecule has 0 bridgehead atoms. The number of thioether (sulfide) groups is 1. The first-order valence-electron chi connectivity index (χ1n) is 4.12. The fourth-order valence-corrected chi connectivity index (χ4v) is 3.86. The molecule has 1 aliphatic heterocycles. The van der Waals surface area contributed by atoms with Crippen LogP contribution in [0.25, 0.3) is 0 Å². The SMILES string of the molecule is CC1CC2(C1)NC(C)CS2. The van der Waals surface area contributed by atoms with E-state index in [0.717, 1.165) is 12.0 Å². The summed E-state index contributed by atoms with van der Waals surface area (Å²) in [5, 5.41) is 3.66. The molecule has 1 heterocycles. The Balaban J connectivity index is 1.95. The lowest BCUT2D eigenvalue weighted by atomic mass is 9.81. The van der Waals surface area contributed by atoms with E-state index in [4.69, 9.17) is 0 Å². The third kappa shape index (κ3) is 0.978. The molecule has 1 saturated carbocycles. The molecule has 2 fully saturated rings. The zero-order valence-electron chi connectivity index (χ0n) is 6.68. The number of hydrogen-bond acceptors (Lipinski definition) is 2. The molecule has 0 amide bonds. The van der Waals surface area contributed by atoms with Crippen LogP contribution < -0.4 is 5.32 Å². The molecule has 1 nitrogen and oxygen atoms in total. The molecule has 1 aliphatic carbocycles. The topological polar surface area (TPSA) is 12.0 Å². The van der Waals surface area contributed by atoms with Gasteiger partial charge in [-0.2, -0.15) is 0 Å². The molecule has 2 heteroatoms. The average Bonchev–Trinajstić information content (AvgIpc) is 2.10. The van der Waals surface area contributed by atoms with Gasteiger partial charge < -0.3 is 0 Å². The van der Waals surface area contributed by atoms with Crippen LogP contribution in [0.4, 0.5) is 0 Å². The van der Waals surface area contributed by atoms with Crippen molar-refractivity contribution in [1.82, 2.24) is 5.32 Å². The molecule has 1 unspecified atom stereocenters. The van der Waals surface area contributed by atoms with Gasteiger partial charge in [-0.1, -0.05) is 6.92 Å². The molecule has 1 saturated heterocycles. The van der Waals surface area contributed by atoms with Crippen molar-refractivity contribution in [3.63, 3.8) is 0 Å². The molecule has 0 aromatic carbocycles. The van der Waals surface area contributed by atoms with E-state index < -0.39 is 0 Å². The molecule has 1 spiro atoms. The highest BCUT2D eigenvalue weighted by atomic mass is 32.2. The number of hydrogen-bond donors (Lipinski definition) is 1. The Bertz CT molecular complexity index is 135. The zero-order valence-corrected chi connectivity index (χ0v) is 7.50. The number of nitrogens with one attached hydrogen (secondary N) is 1. The minimum Gasteiger partial charge on any atom is -0.299 e. The molecule has 2 rings (SSSR count). The molecular weight excluding hydrogens is 142 g/mol. The zero-order chi connectivity index (χ0) is 7.19. The van der Waals surface area contributed by atoms with Gasteiger partial charge in [-0.15, -0.1) is 11.8 Å². The van der Waals surface area contributed by atoms with Crippen LogP contribution in [0.5, 0.6) is 0 Å². The largest absolute Gasteiger partial charge is 0.299 e. The van der Waals surface area contributed by atoms with Crippen molar-refractivity contribution >= 4 is 11.8 Å². The summed E-state index contributed by atoms with van der Waals surface area (Å²) in [4.78, 5) is 0.527. The van der Waals surface area contributed by atoms with Gasteiger partial charge in [-0.25, -0.2) is 0 Å². The summed E-state index contributed by atoms with van der Waals surface area (Å²) in [7, 11) is 0. The lowest BCUT2D eigenvalue weighted by Gasteiger charge is -2.43. The fourth-order valence-electron chi connectivity index (χ4n) is 2.12. The second-order valence-electron chi connectivity index (χ2n) is 3.86. The van der Waals surface area contributed by atoms with Crippen molar-refractivity contribution in [2.24, 2.45) is 5.92 Å². The van der Waals surface area contributed by atoms with Gasteiger partial charge in [-0.3, -0.25) is 5.32 Å². The summed E-state index contributed by atoms with van der Waals surface area (Å²) in [6, 6.07) is 0.748. The Kier molecular flexibility index (Phi) is 1.50. The summed E-state index contributed by atoms with van der Waals surface area (Å²) >= 11 is 2.13. The molecule has 58 valence electrons. The van der Waals surface area contributed by atoms with Crippen molar-refractivity contribution in [1.29, 1.82) is 0 Å². The first kappa shape index (κ1) is 6.99. The highest BCUT2D eigenvalue weighted by Crippen LogP contribution is 2.49. The van der Waals surface area contributed by atoms with Crippen LogP contribution in [0, 0.1) is 5.92 Å². The second kappa shape index (κ2) is 2.15. The Labute approximate surface area is 67.0 Å². The molecule has 1 atom stereocenters. The summed E-state index contributed by atoms with van der Waals surface area (Å²) in [6.07, 6.45) is 2.78. The lowest BCUT2D eigenvalue weighted by Crippen LogP contribution is -2.50. The van der Waals surface area contributed by atoms with E-state index in [1.54, 1.807) is 0 Å². The second-order valence-corrected chi connectivity index (χ2v) is 5.27. The fraction of sp³-hybridized carbons (Fsp3) is 1.00. The van der Waals surface area contributed by atoms with E-state index in [2.05, 4.69) is 30.9 Å². The molecule has 0 aromatic heterocycles. The molecule has 0 radical (unpaired) electrons. The van der Waals surface area contributed by atoms with Gasteiger partial charge in [-0.05, 0) is 25.7 Å². The van der Waals surface area contributed by atoms with Gasteiger partial charge in [0.1, 0.15) is 0 Å². The molecular formula is C8H15NS. The Morgan fingerprint density at radius 1 is 1.40 bits per heavy atom. The normalized spacial score (nSPS) is 53.4. The Morgan fingerprint density at radius 2 is 2.10 bits per heavy atom. The Morgan fingerprint density at radius 3 is 2.50 bits per heavy atom. The first-order valence-corrected chi connectivity index (χ1v) is 5.10. The van der Waals surface area contributed by atoms with Crippen LogP contribution >= 0.6 is 11.8 Å². The van der Waals surface area contributed by atoms with Gasteiger partial charge in [0.25, 0.3) is 0 Å². The van der Waals surface area contributed by atoms with Gasteiger partial charge in [0.15, 0.2) is 0 Å². The van der Waals surface area contributed by atoms with Crippen molar-refractivity contribution in [3.8, 4) is 0 Å². The lowest BCUT2D eigenvalue weighted by molar-refractivity contribution is 0.209. The van der Waals surface area contributed by atoms with E-state index in [1.807, 2.05) is 0 Å². The maximum absolute atomic E-state index is 3.66. The summed E-state index contributed by atoms with van der Waals surface area (Å²) in [6.45, 7) is 4.63. The van der Waals surface area contributed by atoms with E-state index in [1.165, 1.54) is 18.6 Å². The minimum absolute atomic E-state index is 0.527. The highest BCUT2D eigenvalue weighted by Gasteiger charge is 2.46. The highest BCUT2D eigenvalue weighted by molar-refractivity contribution is 8.01.